The van der Waals surface area contributed by atoms with E-state index in [1.165, 1.54) is 0 Å². The van der Waals surface area contributed by atoms with Crippen molar-refractivity contribution in [2.45, 2.75) is 25.1 Å². The van der Waals surface area contributed by atoms with Crippen molar-refractivity contribution in [1.82, 2.24) is 5.32 Å². The van der Waals surface area contributed by atoms with Crippen LogP contribution in [0.1, 0.15) is 20.8 Å². The molecular formula is C9H18BrNO2. The van der Waals surface area contributed by atoms with Crippen molar-refractivity contribution in [2.75, 3.05) is 20.3 Å². The predicted octanol–water partition coefficient (Wildman–Crippen LogP) is 1.56. The molecule has 1 N–H and O–H groups in total. The molecule has 0 aliphatic rings. The predicted molar refractivity (Wildman–Crippen MR) is 57.1 cm³/mol. The van der Waals surface area contributed by atoms with E-state index < -0.39 is 4.32 Å². The van der Waals surface area contributed by atoms with Crippen LogP contribution in [0.2, 0.25) is 0 Å². The van der Waals surface area contributed by atoms with Crippen molar-refractivity contribution in [3.05, 3.63) is 0 Å². The molecule has 0 rings (SSSR count). The smallest absolute Gasteiger partial charge is 0.236 e. The van der Waals surface area contributed by atoms with Crippen molar-refractivity contribution in [3.8, 4) is 0 Å². The van der Waals surface area contributed by atoms with Gasteiger partial charge in [0.05, 0.1) is 10.9 Å². The van der Waals surface area contributed by atoms with Crippen LogP contribution in [0, 0.1) is 5.92 Å². The van der Waals surface area contributed by atoms with Gasteiger partial charge in [-0.1, -0.05) is 22.9 Å². The van der Waals surface area contributed by atoms with Crippen molar-refractivity contribution in [1.29, 1.82) is 0 Å². The molecule has 0 saturated heterocycles. The Balaban J connectivity index is 3.71. The zero-order valence-corrected chi connectivity index (χ0v) is 10.3. The first-order chi connectivity index (χ1) is 5.88. The summed E-state index contributed by atoms with van der Waals surface area (Å²) in [6, 6.07) is 0. The largest absolute Gasteiger partial charge is 0.384 e. The molecule has 1 atom stereocenters. The molecule has 78 valence electrons. The van der Waals surface area contributed by atoms with E-state index in [-0.39, 0.29) is 5.91 Å². The minimum atomic E-state index is -0.486. The Morgan fingerprint density at radius 2 is 2.15 bits per heavy atom. The van der Waals surface area contributed by atoms with Crippen LogP contribution in [0.5, 0.6) is 0 Å². The second-order valence-electron chi connectivity index (χ2n) is 3.74. The average Bonchev–Trinajstić information content (AvgIpc) is 1.99. The highest BCUT2D eigenvalue weighted by molar-refractivity contribution is 9.10. The van der Waals surface area contributed by atoms with E-state index in [0.717, 1.165) is 0 Å². The summed E-state index contributed by atoms with van der Waals surface area (Å²) >= 11 is 3.29. The van der Waals surface area contributed by atoms with Gasteiger partial charge in [-0.05, 0) is 19.8 Å². The van der Waals surface area contributed by atoms with Gasteiger partial charge in [0.1, 0.15) is 0 Å². The highest BCUT2D eigenvalue weighted by Crippen LogP contribution is 2.15. The van der Waals surface area contributed by atoms with Gasteiger partial charge < -0.3 is 10.1 Å². The highest BCUT2D eigenvalue weighted by Gasteiger charge is 2.23. The first-order valence-electron chi connectivity index (χ1n) is 4.34. The summed E-state index contributed by atoms with van der Waals surface area (Å²) in [5.41, 5.74) is 0. The number of hydrogen-bond acceptors (Lipinski definition) is 2. The summed E-state index contributed by atoms with van der Waals surface area (Å²) in [5, 5.41) is 2.84. The number of rotatable bonds is 5. The maximum Gasteiger partial charge on any atom is 0.236 e. The third-order valence-corrected chi connectivity index (χ3v) is 1.96. The molecule has 0 heterocycles. The molecule has 1 amide bonds. The monoisotopic (exact) mass is 251 g/mol. The second kappa shape index (κ2) is 5.60. The van der Waals surface area contributed by atoms with Crippen LogP contribution in [0.15, 0.2) is 0 Å². The molecule has 13 heavy (non-hydrogen) atoms. The van der Waals surface area contributed by atoms with Gasteiger partial charge in [0.25, 0.3) is 0 Å². The molecule has 1 unspecified atom stereocenters. The lowest BCUT2D eigenvalue weighted by atomic mass is 10.1. The number of methoxy groups -OCH3 is 1. The second-order valence-corrected chi connectivity index (χ2v) is 5.73. The maximum atomic E-state index is 11.4. The van der Waals surface area contributed by atoms with Crippen molar-refractivity contribution < 1.29 is 9.53 Å². The lowest BCUT2D eigenvalue weighted by Gasteiger charge is -2.18. The van der Waals surface area contributed by atoms with Crippen LogP contribution in [0.3, 0.4) is 0 Å². The summed E-state index contributed by atoms with van der Waals surface area (Å²) in [6.45, 7) is 7.00. The summed E-state index contributed by atoms with van der Waals surface area (Å²) in [5.74, 6) is 0.360. The number of hydrogen-bond donors (Lipinski definition) is 1. The van der Waals surface area contributed by atoms with E-state index in [1.54, 1.807) is 7.11 Å². The Bertz CT molecular complexity index is 165. The van der Waals surface area contributed by atoms with E-state index in [4.69, 9.17) is 4.74 Å². The number of amides is 1. The topological polar surface area (TPSA) is 38.3 Å². The average molecular weight is 252 g/mol. The highest BCUT2D eigenvalue weighted by atomic mass is 79.9. The summed E-state index contributed by atoms with van der Waals surface area (Å²) < 4.78 is 4.47. The standard InChI is InChI=1S/C9H18BrNO2/c1-7(6-13-4)5-11-8(12)9(2,3)10/h7H,5-6H2,1-4H3,(H,11,12). The molecule has 3 nitrogen and oxygen atoms in total. The van der Waals surface area contributed by atoms with Crippen molar-refractivity contribution >= 4 is 21.8 Å². The number of alkyl halides is 1. The first-order valence-corrected chi connectivity index (χ1v) is 5.13. The molecule has 0 aliphatic heterocycles. The van der Waals surface area contributed by atoms with Gasteiger partial charge >= 0.3 is 0 Å². The summed E-state index contributed by atoms with van der Waals surface area (Å²) in [4.78, 5) is 11.4. The van der Waals surface area contributed by atoms with Gasteiger partial charge in [0.15, 0.2) is 0 Å². The number of carbonyl (C=O) groups excluding carboxylic acids is 1. The number of carbonyl (C=O) groups is 1. The summed E-state index contributed by atoms with van der Waals surface area (Å²) in [7, 11) is 1.66. The van der Waals surface area contributed by atoms with E-state index in [0.29, 0.717) is 19.1 Å². The quantitative estimate of drug-likeness (QED) is 0.754. The fourth-order valence-electron chi connectivity index (χ4n) is 0.821. The Labute approximate surface area is 88.4 Å². The van der Waals surface area contributed by atoms with Crippen LogP contribution >= 0.6 is 15.9 Å². The minimum Gasteiger partial charge on any atom is -0.384 e. The Hall–Kier alpha value is -0.0900. The molecule has 0 saturated carbocycles. The van der Waals surface area contributed by atoms with E-state index in [9.17, 15) is 4.79 Å². The van der Waals surface area contributed by atoms with Gasteiger partial charge in [-0.3, -0.25) is 4.79 Å². The van der Waals surface area contributed by atoms with E-state index in [2.05, 4.69) is 21.2 Å². The van der Waals surface area contributed by atoms with Crippen LogP contribution in [-0.2, 0) is 9.53 Å². The molecule has 0 aromatic carbocycles. The zero-order valence-electron chi connectivity index (χ0n) is 8.69. The van der Waals surface area contributed by atoms with Crippen LogP contribution in [-0.4, -0.2) is 30.5 Å². The minimum absolute atomic E-state index is 0.00968. The Morgan fingerprint density at radius 3 is 2.54 bits per heavy atom. The Morgan fingerprint density at radius 1 is 1.62 bits per heavy atom. The normalized spacial score (nSPS) is 13.9. The van der Waals surface area contributed by atoms with E-state index >= 15 is 0 Å². The number of halogens is 1. The van der Waals surface area contributed by atoms with Crippen molar-refractivity contribution in [3.63, 3.8) is 0 Å². The molecule has 0 bridgehead atoms. The van der Waals surface area contributed by atoms with Crippen LogP contribution < -0.4 is 5.32 Å². The fourth-order valence-corrected chi connectivity index (χ4v) is 0.961. The molecule has 0 radical (unpaired) electrons. The van der Waals surface area contributed by atoms with Crippen molar-refractivity contribution in [2.24, 2.45) is 5.92 Å². The molecular weight excluding hydrogens is 234 g/mol. The maximum absolute atomic E-state index is 11.4. The van der Waals surface area contributed by atoms with Gasteiger partial charge in [-0.15, -0.1) is 0 Å². The van der Waals surface area contributed by atoms with Crippen LogP contribution in [0.4, 0.5) is 0 Å². The third-order valence-electron chi connectivity index (χ3n) is 1.60. The molecule has 0 aromatic rings. The van der Waals surface area contributed by atoms with Gasteiger partial charge in [0, 0.05) is 13.7 Å². The summed E-state index contributed by atoms with van der Waals surface area (Å²) in [6.07, 6.45) is 0. The fraction of sp³-hybridized carbons (Fsp3) is 0.889. The lowest BCUT2D eigenvalue weighted by molar-refractivity contribution is -0.122. The van der Waals surface area contributed by atoms with Gasteiger partial charge in [-0.25, -0.2) is 0 Å². The molecule has 0 aromatic heterocycles. The SMILES string of the molecule is COCC(C)CNC(=O)C(C)(C)Br. The van der Waals surface area contributed by atoms with Gasteiger partial charge in [-0.2, -0.15) is 0 Å². The van der Waals surface area contributed by atoms with Gasteiger partial charge in [0.2, 0.25) is 5.91 Å². The zero-order chi connectivity index (χ0) is 10.5. The number of ether oxygens (including phenoxy) is 1. The molecule has 0 spiro atoms. The van der Waals surface area contributed by atoms with E-state index in [1.807, 2.05) is 20.8 Å². The number of nitrogens with one attached hydrogen (secondary N) is 1. The van der Waals surface area contributed by atoms with Crippen LogP contribution in [0.25, 0.3) is 0 Å². The molecule has 0 fully saturated rings. The molecule has 0 aliphatic carbocycles. The first kappa shape index (κ1) is 12.9. The molecule has 4 heteroatoms. The Kier molecular flexibility index (Phi) is 5.56. The third kappa shape index (κ3) is 6.05. The lowest BCUT2D eigenvalue weighted by Crippen LogP contribution is -2.40.